The maximum absolute atomic E-state index is 12.3. The highest BCUT2D eigenvalue weighted by molar-refractivity contribution is 7.80. The maximum atomic E-state index is 12.3. The minimum absolute atomic E-state index is 0.0388. The largest absolute Gasteiger partial charge is 0.490 e. The van der Waals surface area contributed by atoms with Crippen molar-refractivity contribution in [3.63, 3.8) is 0 Å². The van der Waals surface area contributed by atoms with Crippen LogP contribution < -0.4 is 11.4 Å². The lowest BCUT2D eigenvalue weighted by Gasteiger charge is -2.20. The molecular formula is C14H22N3O13P3S. The number of hydrogen-bond acceptors (Lipinski definition) is 12. The summed E-state index contributed by atoms with van der Waals surface area (Å²) in [5.74, 6) is 5.37. The van der Waals surface area contributed by atoms with Gasteiger partial charge in [-0.1, -0.05) is 18.8 Å². The molecule has 20 heteroatoms. The van der Waals surface area contributed by atoms with Gasteiger partial charge in [-0.15, -0.1) is 0 Å². The van der Waals surface area contributed by atoms with Gasteiger partial charge < -0.3 is 34.8 Å². The maximum Gasteiger partial charge on any atom is 0.490 e. The quantitative estimate of drug-likeness (QED) is 0.0979. The van der Waals surface area contributed by atoms with E-state index in [1.807, 2.05) is 6.92 Å². The van der Waals surface area contributed by atoms with Crippen LogP contribution in [0.4, 0.5) is 5.82 Å². The van der Waals surface area contributed by atoms with Crippen LogP contribution in [0.2, 0.25) is 0 Å². The van der Waals surface area contributed by atoms with E-state index in [1.54, 1.807) is 0 Å². The first-order valence-electron chi connectivity index (χ1n) is 9.20. The number of anilines is 1. The molecule has 6 N–H and O–H groups in total. The molecule has 0 saturated carbocycles. The monoisotopic (exact) mass is 565 g/mol. The molecule has 1 aromatic rings. The molecule has 2 rings (SSSR count). The molecule has 2 heterocycles. The van der Waals surface area contributed by atoms with Gasteiger partial charge in [-0.05, 0) is 0 Å². The first kappa shape index (κ1) is 29.2. The van der Waals surface area contributed by atoms with Gasteiger partial charge >= 0.3 is 29.2 Å². The number of phosphoric ester groups is 1. The summed E-state index contributed by atoms with van der Waals surface area (Å²) in [5, 5.41) is 0. The molecule has 0 amide bonds. The van der Waals surface area contributed by atoms with E-state index < -0.39 is 54.2 Å². The van der Waals surface area contributed by atoms with Crippen LogP contribution in [0.3, 0.4) is 0 Å². The molecule has 0 spiro atoms. The molecule has 1 saturated heterocycles. The number of rotatable bonds is 10. The lowest BCUT2D eigenvalue weighted by molar-refractivity contribution is -0.0542. The summed E-state index contributed by atoms with van der Waals surface area (Å²) >= 11 is 3.94. The number of ether oxygens (including phenoxy) is 2. The Morgan fingerprint density at radius 3 is 2.53 bits per heavy atom. The number of aromatic nitrogens is 2. The third-order valence-electron chi connectivity index (χ3n) is 3.98. The van der Waals surface area contributed by atoms with Crippen LogP contribution in [-0.2, 0) is 36.3 Å². The van der Waals surface area contributed by atoms with Gasteiger partial charge in [0.1, 0.15) is 18.1 Å². The van der Waals surface area contributed by atoms with E-state index in [0.29, 0.717) is 6.42 Å². The number of nitrogen functional groups attached to an aromatic ring is 1. The summed E-state index contributed by atoms with van der Waals surface area (Å²) in [5.41, 5.74) is 5.23. The fourth-order valence-corrected chi connectivity index (χ4v) is 5.95. The first-order valence-corrected chi connectivity index (χ1v) is 14.4. The van der Waals surface area contributed by atoms with Crippen molar-refractivity contribution in [1.82, 2.24) is 9.55 Å². The molecule has 3 unspecified atom stereocenters. The zero-order valence-corrected chi connectivity index (χ0v) is 20.9. The fraction of sp³-hybridized carbons (Fsp3) is 0.571. The average Bonchev–Trinajstić information content (AvgIpc) is 3.06. The normalized spacial score (nSPS) is 24.1. The lowest BCUT2D eigenvalue weighted by atomic mass is 10.2. The molecule has 5 atom stereocenters. The highest BCUT2D eigenvalue weighted by Gasteiger charge is 2.43. The molecule has 16 nitrogen and oxygen atoms in total. The van der Waals surface area contributed by atoms with Crippen molar-refractivity contribution in [1.29, 1.82) is 0 Å². The van der Waals surface area contributed by atoms with Crippen LogP contribution in [0.5, 0.6) is 0 Å². The minimum Gasteiger partial charge on any atom is -0.382 e. The zero-order chi connectivity index (χ0) is 25.7. The Labute approximate surface area is 198 Å². The van der Waals surface area contributed by atoms with E-state index in [0.717, 1.165) is 4.57 Å². The third kappa shape index (κ3) is 8.85. The summed E-state index contributed by atoms with van der Waals surface area (Å²) in [7, 11) is -16.6. The molecule has 0 aromatic carbocycles. The van der Waals surface area contributed by atoms with Gasteiger partial charge in [0.2, 0.25) is 0 Å². The van der Waals surface area contributed by atoms with E-state index >= 15 is 0 Å². The van der Waals surface area contributed by atoms with E-state index in [2.05, 4.69) is 42.6 Å². The Hall–Kier alpha value is -1.08. The van der Waals surface area contributed by atoms with Crippen molar-refractivity contribution >= 4 is 41.9 Å². The van der Waals surface area contributed by atoms with Gasteiger partial charge in [0, 0.05) is 19.0 Å². The molecule has 1 aliphatic rings. The zero-order valence-electron chi connectivity index (χ0n) is 17.4. The molecule has 1 aliphatic heterocycles. The predicted octanol–water partition coefficient (Wildman–Crippen LogP) is 0.490. The lowest BCUT2D eigenvalue weighted by Crippen LogP contribution is -2.29. The summed E-state index contributed by atoms with van der Waals surface area (Å²) < 4.78 is 58.2. The number of thiol groups is 1. The summed E-state index contributed by atoms with van der Waals surface area (Å²) in [6.45, 7) is 1.05. The Bertz CT molecular complexity index is 1150. The Balaban J connectivity index is 2.17. The van der Waals surface area contributed by atoms with Gasteiger partial charge in [-0.3, -0.25) is 9.09 Å². The van der Waals surface area contributed by atoms with Crippen LogP contribution in [0.15, 0.2) is 11.0 Å². The first-order chi connectivity index (χ1) is 15.7. The predicted molar refractivity (Wildman–Crippen MR) is 117 cm³/mol. The van der Waals surface area contributed by atoms with Crippen molar-refractivity contribution in [2.75, 3.05) is 18.3 Å². The highest BCUT2D eigenvalue weighted by Crippen LogP contribution is 2.66. The smallest absolute Gasteiger partial charge is 0.382 e. The second kappa shape index (κ2) is 11.8. The molecule has 0 radical (unpaired) electrons. The number of nitrogens with zero attached hydrogens (tertiary/aromatic N) is 2. The van der Waals surface area contributed by atoms with Crippen LogP contribution in [0.25, 0.3) is 0 Å². The molecule has 192 valence electrons. The topological polar surface area (TPSA) is 239 Å². The molecule has 0 bridgehead atoms. The fourth-order valence-electron chi connectivity index (χ4n) is 2.73. The van der Waals surface area contributed by atoms with Crippen molar-refractivity contribution in [2.45, 2.75) is 38.2 Å². The van der Waals surface area contributed by atoms with E-state index in [9.17, 15) is 28.3 Å². The second-order valence-corrected chi connectivity index (χ2v) is 11.1. The van der Waals surface area contributed by atoms with Gasteiger partial charge in [0.25, 0.3) is 0 Å². The SMILES string of the molecule is CCC#Cc1cn([C@H]2CC(OCS)[C@@H](COP(=O)(O)OP(=O)(O)OP(=O)(O)O)O2)c(=O)nc1N. The average molecular weight is 565 g/mol. The molecule has 0 aliphatic carbocycles. The summed E-state index contributed by atoms with van der Waals surface area (Å²) in [6.07, 6.45) is -1.03. The van der Waals surface area contributed by atoms with E-state index in [1.165, 1.54) is 6.20 Å². The number of phosphoric acid groups is 3. The van der Waals surface area contributed by atoms with Crippen LogP contribution in [-0.4, -0.2) is 53.9 Å². The van der Waals surface area contributed by atoms with Crippen molar-refractivity contribution in [2.24, 2.45) is 0 Å². The van der Waals surface area contributed by atoms with Gasteiger partial charge in [-0.2, -0.15) is 26.2 Å². The van der Waals surface area contributed by atoms with Gasteiger partial charge in [0.05, 0.1) is 24.2 Å². The number of hydrogen-bond donors (Lipinski definition) is 6. The molecular weight excluding hydrogens is 543 g/mol. The highest BCUT2D eigenvalue weighted by atomic mass is 32.1. The molecule has 34 heavy (non-hydrogen) atoms. The Kier molecular flexibility index (Phi) is 10.1. The standard InChI is InChI=1S/C14H22N3O13P3S/c1-2-3-4-9-6-17(14(18)16-13(9)15)12-5-10(26-8-34)11(28-12)7-27-32(22,23)30-33(24,25)29-31(19,20)21/h6,10-12,34H,2,5,7-8H2,1H3,(H,22,23)(H,24,25)(H2,15,16,18)(H2,19,20,21)/t10?,11-,12-/m1/s1. The van der Waals surface area contributed by atoms with Crippen LogP contribution >= 0.6 is 36.1 Å². The van der Waals surface area contributed by atoms with Gasteiger partial charge in [-0.25, -0.2) is 18.5 Å². The molecule has 1 fully saturated rings. The second-order valence-electron chi connectivity index (χ2n) is 6.47. The number of nitrogens with two attached hydrogens (primary N) is 1. The molecule has 1 aromatic heterocycles. The summed E-state index contributed by atoms with van der Waals surface area (Å²) in [6, 6.07) is 0. The third-order valence-corrected chi connectivity index (χ3v) is 7.93. The Morgan fingerprint density at radius 2 is 1.94 bits per heavy atom. The summed E-state index contributed by atoms with van der Waals surface area (Å²) in [4.78, 5) is 52.0. The van der Waals surface area contributed by atoms with Gasteiger partial charge in [0.15, 0.2) is 0 Å². The van der Waals surface area contributed by atoms with E-state index in [-0.39, 0.29) is 23.7 Å². The van der Waals surface area contributed by atoms with Crippen molar-refractivity contribution in [3.05, 3.63) is 22.2 Å². The van der Waals surface area contributed by atoms with Crippen LogP contribution in [0, 0.1) is 11.8 Å². The van der Waals surface area contributed by atoms with Crippen molar-refractivity contribution in [3.8, 4) is 11.8 Å². The Morgan fingerprint density at radius 1 is 1.26 bits per heavy atom. The van der Waals surface area contributed by atoms with E-state index in [4.69, 9.17) is 25.0 Å². The minimum atomic E-state index is -5.67. The van der Waals surface area contributed by atoms with Crippen LogP contribution in [0.1, 0.15) is 31.6 Å². The van der Waals surface area contributed by atoms with Crippen molar-refractivity contribution < 1.29 is 55.9 Å².